The predicted molar refractivity (Wildman–Crippen MR) is 63.6 cm³/mol. The number of nitrogens with zero attached hydrogens (tertiary/aromatic N) is 2. The summed E-state index contributed by atoms with van der Waals surface area (Å²) in [6.07, 6.45) is -1.47. The standard InChI is InChI=1S/C12H8N2O5/c1-19-6-2-3-7-8(5-13)10(11(15)16)14(12(17)18)9(7)4-6/h2-4H,1H3,(H,15,16)(H,17,18). The van der Waals surface area contributed by atoms with Gasteiger partial charge in [0.15, 0.2) is 5.69 Å². The summed E-state index contributed by atoms with van der Waals surface area (Å²) >= 11 is 0. The molecule has 0 aliphatic carbocycles. The topological polar surface area (TPSA) is 113 Å². The van der Waals surface area contributed by atoms with Crippen molar-refractivity contribution >= 4 is 23.0 Å². The van der Waals surface area contributed by atoms with E-state index in [0.717, 1.165) is 0 Å². The second-order valence-corrected chi connectivity index (χ2v) is 3.64. The number of rotatable bonds is 2. The number of methoxy groups -OCH3 is 1. The van der Waals surface area contributed by atoms with Crippen molar-refractivity contribution in [2.45, 2.75) is 0 Å². The van der Waals surface area contributed by atoms with Gasteiger partial charge >= 0.3 is 12.1 Å². The van der Waals surface area contributed by atoms with Crippen LogP contribution in [-0.4, -0.2) is 34.0 Å². The maximum atomic E-state index is 11.2. The van der Waals surface area contributed by atoms with Gasteiger partial charge in [0.1, 0.15) is 11.8 Å². The molecule has 0 atom stereocenters. The molecular weight excluding hydrogens is 252 g/mol. The van der Waals surface area contributed by atoms with Gasteiger partial charge < -0.3 is 14.9 Å². The van der Waals surface area contributed by atoms with E-state index in [-0.39, 0.29) is 16.5 Å². The number of aromatic carboxylic acids is 1. The van der Waals surface area contributed by atoms with Crippen LogP contribution in [0.5, 0.6) is 5.75 Å². The number of fused-ring (bicyclic) bond motifs is 1. The Balaban J connectivity index is 3.00. The maximum Gasteiger partial charge on any atom is 0.416 e. The first-order valence-electron chi connectivity index (χ1n) is 5.10. The predicted octanol–water partition coefficient (Wildman–Crippen LogP) is 1.75. The van der Waals surface area contributed by atoms with E-state index in [1.165, 1.54) is 25.3 Å². The summed E-state index contributed by atoms with van der Waals surface area (Å²) in [6.45, 7) is 0. The monoisotopic (exact) mass is 260 g/mol. The lowest BCUT2D eigenvalue weighted by atomic mass is 10.1. The van der Waals surface area contributed by atoms with Gasteiger partial charge in [0.2, 0.25) is 0 Å². The minimum Gasteiger partial charge on any atom is -0.497 e. The van der Waals surface area contributed by atoms with Gasteiger partial charge in [0.25, 0.3) is 0 Å². The smallest absolute Gasteiger partial charge is 0.416 e. The molecule has 1 aromatic carbocycles. The van der Waals surface area contributed by atoms with Crippen LogP contribution in [0.25, 0.3) is 10.9 Å². The summed E-state index contributed by atoms with van der Waals surface area (Å²) in [7, 11) is 1.40. The first-order valence-corrected chi connectivity index (χ1v) is 5.10. The third kappa shape index (κ3) is 1.75. The van der Waals surface area contributed by atoms with Crippen LogP contribution in [0, 0.1) is 11.3 Å². The number of aromatic nitrogens is 1. The molecule has 2 N–H and O–H groups in total. The molecule has 0 fully saturated rings. The molecule has 19 heavy (non-hydrogen) atoms. The molecule has 1 aromatic heterocycles. The average molecular weight is 260 g/mol. The summed E-state index contributed by atoms with van der Waals surface area (Å²) < 4.78 is 5.53. The van der Waals surface area contributed by atoms with Crippen LogP contribution < -0.4 is 4.74 Å². The molecule has 2 rings (SSSR count). The Morgan fingerprint density at radius 1 is 1.37 bits per heavy atom. The lowest BCUT2D eigenvalue weighted by molar-refractivity contribution is 0.0684. The SMILES string of the molecule is COc1ccc2c(C#N)c(C(=O)O)n(C(=O)O)c2c1. The van der Waals surface area contributed by atoms with Gasteiger partial charge in [0, 0.05) is 11.5 Å². The van der Waals surface area contributed by atoms with Crippen LogP contribution in [0.3, 0.4) is 0 Å². The first-order chi connectivity index (χ1) is 9.01. The van der Waals surface area contributed by atoms with Crippen LogP contribution >= 0.6 is 0 Å². The highest BCUT2D eigenvalue weighted by molar-refractivity contribution is 6.05. The Labute approximate surface area is 106 Å². The van der Waals surface area contributed by atoms with E-state index >= 15 is 0 Å². The molecule has 0 radical (unpaired) electrons. The highest BCUT2D eigenvalue weighted by atomic mass is 16.5. The molecule has 0 amide bonds. The first kappa shape index (κ1) is 12.4. The Bertz CT molecular complexity index is 739. The van der Waals surface area contributed by atoms with Crippen LogP contribution in [0.15, 0.2) is 18.2 Å². The minimum atomic E-state index is -1.48. The van der Waals surface area contributed by atoms with E-state index in [4.69, 9.17) is 20.2 Å². The second-order valence-electron chi connectivity index (χ2n) is 3.64. The van der Waals surface area contributed by atoms with Gasteiger partial charge in [-0.15, -0.1) is 0 Å². The normalized spacial score (nSPS) is 10.1. The van der Waals surface area contributed by atoms with Gasteiger partial charge in [-0.3, -0.25) is 0 Å². The number of carbonyl (C=O) groups is 2. The summed E-state index contributed by atoms with van der Waals surface area (Å²) in [6, 6.07) is 6.08. The van der Waals surface area contributed by atoms with Crippen molar-refractivity contribution < 1.29 is 24.5 Å². The summed E-state index contributed by atoms with van der Waals surface area (Å²) in [4.78, 5) is 22.4. The van der Waals surface area contributed by atoms with Crippen LogP contribution in [0.4, 0.5) is 4.79 Å². The van der Waals surface area contributed by atoms with Crippen molar-refractivity contribution in [2.24, 2.45) is 0 Å². The third-order valence-corrected chi connectivity index (χ3v) is 2.68. The summed E-state index contributed by atoms with van der Waals surface area (Å²) in [5.41, 5.74) is -0.661. The van der Waals surface area contributed by atoms with Crippen molar-refractivity contribution in [3.8, 4) is 11.8 Å². The fraction of sp³-hybridized carbons (Fsp3) is 0.0833. The average Bonchev–Trinajstić information content (AvgIpc) is 2.71. The molecule has 0 saturated heterocycles. The van der Waals surface area contributed by atoms with E-state index in [1.807, 2.05) is 0 Å². The van der Waals surface area contributed by atoms with E-state index in [2.05, 4.69) is 0 Å². The van der Waals surface area contributed by atoms with Crippen molar-refractivity contribution in [2.75, 3.05) is 7.11 Å². The number of hydrogen-bond acceptors (Lipinski definition) is 4. The Morgan fingerprint density at radius 2 is 2.05 bits per heavy atom. The molecule has 0 aliphatic rings. The number of carboxylic acid groups (broad SMARTS) is 2. The van der Waals surface area contributed by atoms with Crippen molar-refractivity contribution in [1.82, 2.24) is 4.57 Å². The lowest BCUT2D eigenvalue weighted by Gasteiger charge is -2.02. The Hall–Kier alpha value is -3.01. The molecule has 0 unspecified atom stereocenters. The molecule has 0 spiro atoms. The number of benzene rings is 1. The Morgan fingerprint density at radius 3 is 2.53 bits per heavy atom. The van der Waals surface area contributed by atoms with Crippen molar-refractivity contribution in [3.63, 3.8) is 0 Å². The van der Waals surface area contributed by atoms with Gasteiger partial charge in [-0.2, -0.15) is 5.26 Å². The lowest BCUT2D eigenvalue weighted by Crippen LogP contribution is -2.16. The molecule has 0 saturated carbocycles. The number of carboxylic acids is 1. The molecule has 2 aromatic rings. The summed E-state index contributed by atoms with van der Waals surface area (Å²) in [5, 5.41) is 27.5. The molecule has 1 heterocycles. The highest BCUT2D eigenvalue weighted by Gasteiger charge is 2.26. The largest absolute Gasteiger partial charge is 0.497 e. The molecule has 0 bridgehead atoms. The molecule has 0 aliphatic heterocycles. The molecular formula is C12H8N2O5. The van der Waals surface area contributed by atoms with E-state index in [0.29, 0.717) is 10.3 Å². The van der Waals surface area contributed by atoms with E-state index < -0.39 is 17.8 Å². The summed E-state index contributed by atoms with van der Waals surface area (Å²) in [5.74, 6) is -1.11. The molecule has 7 heteroatoms. The zero-order chi connectivity index (χ0) is 14.2. The quantitative estimate of drug-likeness (QED) is 0.850. The van der Waals surface area contributed by atoms with Gasteiger partial charge in [0.05, 0.1) is 18.2 Å². The van der Waals surface area contributed by atoms with Gasteiger partial charge in [-0.1, -0.05) is 0 Å². The minimum absolute atomic E-state index is 0.0980. The van der Waals surface area contributed by atoms with Crippen LogP contribution in [0.1, 0.15) is 16.1 Å². The fourth-order valence-electron chi connectivity index (χ4n) is 1.91. The highest BCUT2D eigenvalue weighted by Crippen LogP contribution is 2.29. The van der Waals surface area contributed by atoms with Crippen LogP contribution in [0.2, 0.25) is 0 Å². The zero-order valence-electron chi connectivity index (χ0n) is 9.75. The Kier molecular flexibility index (Phi) is 2.85. The maximum absolute atomic E-state index is 11.2. The molecule has 7 nitrogen and oxygen atoms in total. The van der Waals surface area contributed by atoms with E-state index in [1.54, 1.807) is 6.07 Å². The van der Waals surface area contributed by atoms with Gasteiger partial charge in [-0.05, 0) is 12.1 Å². The number of ether oxygens (including phenoxy) is 1. The van der Waals surface area contributed by atoms with Crippen molar-refractivity contribution in [3.05, 3.63) is 29.5 Å². The number of hydrogen-bond donors (Lipinski definition) is 2. The molecule has 96 valence electrons. The van der Waals surface area contributed by atoms with Gasteiger partial charge in [-0.25, -0.2) is 14.2 Å². The fourth-order valence-corrected chi connectivity index (χ4v) is 1.91. The van der Waals surface area contributed by atoms with Crippen molar-refractivity contribution in [1.29, 1.82) is 5.26 Å². The number of nitriles is 1. The second kappa shape index (κ2) is 4.34. The zero-order valence-corrected chi connectivity index (χ0v) is 9.75. The third-order valence-electron chi connectivity index (χ3n) is 2.68. The van der Waals surface area contributed by atoms with Crippen LogP contribution in [-0.2, 0) is 0 Å². The van der Waals surface area contributed by atoms with E-state index in [9.17, 15) is 9.59 Å².